The highest BCUT2D eigenvalue weighted by molar-refractivity contribution is 6.42. The van der Waals surface area contributed by atoms with Crippen LogP contribution in [0.15, 0.2) is 18.2 Å². The molecule has 1 rings (SSSR count). The van der Waals surface area contributed by atoms with Crippen molar-refractivity contribution in [1.29, 1.82) is 10.8 Å². The third-order valence-corrected chi connectivity index (χ3v) is 4.31. The van der Waals surface area contributed by atoms with Crippen molar-refractivity contribution in [1.82, 2.24) is 16.0 Å². The van der Waals surface area contributed by atoms with Crippen LogP contribution in [-0.4, -0.2) is 18.5 Å². The molecule has 1 aromatic carbocycles. The van der Waals surface area contributed by atoms with Gasteiger partial charge >= 0.3 is 0 Å². The lowest BCUT2D eigenvalue weighted by Crippen LogP contribution is -2.45. The van der Waals surface area contributed by atoms with Gasteiger partial charge in [-0.15, -0.1) is 12.4 Å². The van der Waals surface area contributed by atoms with Gasteiger partial charge in [-0.2, -0.15) is 0 Å². The Kier molecular flexibility index (Phi) is 11.6. The summed E-state index contributed by atoms with van der Waals surface area (Å²) in [5, 5.41) is 25.0. The molecule has 1 aromatic rings. The maximum atomic E-state index is 7.78. The van der Waals surface area contributed by atoms with Crippen molar-refractivity contribution in [3.8, 4) is 0 Å². The van der Waals surface area contributed by atoms with Gasteiger partial charge in [-0.25, -0.2) is 0 Å². The lowest BCUT2D eigenvalue weighted by atomic mass is 10.0. The summed E-state index contributed by atoms with van der Waals surface area (Å²) in [6.45, 7) is 5.58. The molecule has 5 nitrogen and oxygen atoms in total. The number of rotatable bonds is 7. The van der Waals surface area contributed by atoms with Crippen molar-refractivity contribution in [2.45, 2.75) is 39.7 Å². The Morgan fingerprint density at radius 2 is 1.79 bits per heavy atom. The largest absolute Gasteiger partial charge is 0.356 e. The molecule has 0 aliphatic heterocycles. The highest BCUT2D eigenvalue weighted by atomic mass is 35.5. The predicted molar refractivity (Wildman–Crippen MR) is 106 cm³/mol. The first kappa shape index (κ1) is 22.8. The Hall–Kier alpha value is -1.17. The Morgan fingerprint density at radius 3 is 2.42 bits per heavy atom. The standard InChI is InChI=1S/C16H25Cl2N5.ClH/c1-3-11(2)5-4-8-21-15(19)23-16(20)22-10-12-6-7-13(17)14(18)9-12;/h6-7,9,11H,3-5,8,10H2,1-2H3,(H5,19,20,21,22,23);1H. The Labute approximate surface area is 160 Å². The number of guanidine groups is 2. The molecule has 0 aliphatic rings. The molecule has 0 heterocycles. The molecule has 1 unspecified atom stereocenters. The normalized spacial score (nSPS) is 11.2. The SMILES string of the molecule is CCC(C)CCCNC(=N)NC(=N)NCc1ccc(Cl)c(Cl)c1.Cl. The zero-order chi connectivity index (χ0) is 17.2. The van der Waals surface area contributed by atoms with Crippen molar-refractivity contribution >= 4 is 47.5 Å². The highest BCUT2D eigenvalue weighted by Crippen LogP contribution is 2.22. The van der Waals surface area contributed by atoms with E-state index in [-0.39, 0.29) is 24.3 Å². The second kappa shape index (κ2) is 12.2. The minimum atomic E-state index is 0. The molecule has 5 N–H and O–H groups in total. The van der Waals surface area contributed by atoms with Crippen LogP contribution >= 0.6 is 35.6 Å². The minimum absolute atomic E-state index is 0. The van der Waals surface area contributed by atoms with Gasteiger partial charge in [-0.05, 0) is 36.5 Å². The van der Waals surface area contributed by atoms with Crippen LogP contribution in [0.3, 0.4) is 0 Å². The Morgan fingerprint density at radius 1 is 1.12 bits per heavy atom. The van der Waals surface area contributed by atoms with Crippen LogP contribution < -0.4 is 16.0 Å². The van der Waals surface area contributed by atoms with Crippen LogP contribution in [0.1, 0.15) is 38.7 Å². The summed E-state index contributed by atoms with van der Waals surface area (Å²) >= 11 is 11.8. The van der Waals surface area contributed by atoms with Gasteiger partial charge in [0.2, 0.25) is 0 Å². The molecular weight excluding hydrogens is 369 g/mol. The summed E-state index contributed by atoms with van der Waals surface area (Å²) in [6.07, 6.45) is 3.34. The Balaban J connectivity index is 0.00000529. The number of halogens is 3. The van der Waals surface area contributed by atoms with Gasteiger partial charge in [0.25, 0.3) is 0 Å². The summed E-state index contributed by atoms with van der Waals surface area (Å²) in [7, 11) is 0. The second-order valence-corrected chi connectivity index (χ2v) is 6.37. The molecule has 136 valence electrons. The molecule has 0 saturated carbocycles. The first-order valence-electron chi connectivity index (χ1n) is 7.78. The fourth-order valence-corrected chi connectivity index (χ4v) is 2.24. The van der Waals surface area contributed by atoms with Crippen LogP contribution in [-0.2, 0) is 6.54 Å². The van der Waals surface area contributed by atoms with Crippen molar-refractivity contribution in [3.05, 3.63) is 33.8 Å². The van der Waals surface area contributed by atoms with E-state index in [1.54, 1.807) is 12.1 Å². The van der Waals surface area contributed by atoms with Gasteiger partial charge < -0.3 is 10.6 Å². The predicted octanol–water partition coefficient (Wildman–Crippen LogP) is 4.38. The molecule has 0 radical (unpaired) electrons. The maximum Gasteiger partial charge on any atom is 0.195 e. The molecule has 0 aromatic heterocycles. The number of hydrogen-bond donors (Lipinski definition) is 5. The van der Waals surface area contributed by atoms with Crippen LogP contribution in [0.4, 0.5) is 0 Å². The smallest absolute Gasteiger partial charge is 0.195 e. The lowest BCUT2D eigenvalue weighted by molar-refractivity contribution is 0.493. The number of benzene rings is 1. The number of nitrogens with one attached hydrogen (secondary N) is 5. The third-order valence-electron chi connectivity index (χ3n) is 3.58. The van der Waals surface area contributed by atoms with E-state index in [4.69, 9.17) is 34.0 Å². The molecule has 0 spiro atoms. The molecule has 0 bridgehead atoms. The summed E-state index contributed by atoms with van der Waals surface area (Å²) in [4.78, 5) is 0. The van der Waals surface area contributed by atoms with Crippen molar-refractivity contribution in [3.63, 3.8) is 0 Å². The zero-order valence-electron chi connectivity index (χ0n) is 14.0. The van der Waals surface area contributed by atoms with Gasteiger partial charge in [0, 0.05) is 13.1 Å². The van der Waals surface area contributed by atoms with Crippen molar-refractivity contribution < 1.29 is 0 Å². The van der Waals surface area contributed by atoms with Crippen molar-refractivity contribution in [2.24, 2.45) is 5.92 Å². The van der Waals surface area contributed by atoms with Crippen LogP contribution in [0.25, 0.3) is 0 Å². The first-order chi connectivity index (χ1) is 10.9. The first-order valence-corrected chi connectivity index (χ1v) is 8.53. The van der Waals surface area contributed by atoms with Crippen LogP contribution in [0, 0.1) is 16.7 Å². The quantitative estimate of drug-likeness (QED) is 0.270. The van der Waals surface area contributed by atoms with E-state index in [1.807, 2.05) is 6.07 Å². The van der Waals surface area contributed by atoms with E-state index in [9.17, 15) is 0 Å². The van der Waals surface area contributed by atoms with Crippen LogP contribution in [0.2, 0.25) is 10.0 Å². The molecule has 0 saturated heterocycles. The van der Waals surface area contributed by atoms with E-state index in [1.165, 1.54) is 6.42 Å². The summed E-state index contributed by atoms with van der Waals surface area (Å²) in [6, 6.07) is 5.31. The van der Waals surface area contributed by atoms with E-state index in [2.05, 4.69) is 29.8 Å². The van der Waals surface area contributed by atoms with Gasteiger partial charge in [0.05, 0.1) is 10.0 Å². The summed E-state index contributed by atoms with van der Waals surface area (Å²) in [5.74, 6) is 0.904. The van der Waals surface area contributed by atoms with Gasteiger partial charge in [-0.3, -0.25) is 16.1 Å². The molecule has 24 heavy (non-hydrogen) atoms. The van der Waals surface area contributed by atoms with Gasteiger partial charge in [0.1, 0.15) is 0 Å². The molecule has 0 aliphatic carbocycles. The summed E-state index contributed by atoms with van der Waals surface area (Å²) in [5.41, 5.74) is 0.916. The zero-order valence-corrected chi connectivity index (χ0v) is 16.3. The Bertz CT molecular complexity index is 536. The monoisotopic (exact) mass is 393 g/mol. The maximum absolute atomic E-state index is 7.78. The van der Waals surface area contributed by atoms with E-state index >= 15 is 0 Å². The average molecular weight is 395 g/mol. The van der Waals surface area contributed by atoms with E-state index < -0.39 is 0 Å². The average Bonchev–Trinajstić information content (AvgIpc) is 2.52. The van der Waals surface area contributed by atoms with E-state index in [0.29, 0.717) is 22.5 Å². The van der Waals surface area contributed by atoms with Crippen molar-refractivity contribution in [2.75, 3.05) is 6.54 Å². The van der Waals surface area contributed by atoms with Crippen LogP contribution in [0.5, 0.6) is 0 Å². The van der Waals surface area contributed by atoms with Gasteiger partial charge in [0.15, 0.2) is 11.9 Å². The molecular formula is C16H26Cl3N5. The van der Waals surface area contributed by atoms with Gasteiger partial charge in [-0.1, -0.05) is 49.5 Å². The minimum Gasteiger partial charge on any atom is -0.356 e. The van der Waals surface area contributed by atoms with E-state index in [0.717, 1.165) is 24.9 Å². The third kappa shape index (κ3) is 9.21. The molecule has 0 fully saturated rings. The fraction of sp³-hybridized carbons (Fsp3) is 0.500. The lowest BCUT2D eigenvalue weighted by Gasteiger charge is -2.13. The molecule has 8 heteroatoms. The highest BCUT2D eigenvalue weighted by Gasteiger charge is 2.03. The molecule has 1 atom stereocenters. The fourth-order valence-electron chi connectivity index (χ4n) is 1.92. The summed E-state index contributed by atoms with van der Waals surface area (Å²) < 4.78 is 0. The molecule has 0 amide bonds. The number of hydrogen-bond acceptors (Lipinski definition) is 2. The topological polar surface area (TPSA) is 83.8 Å². The second-order valence-electron chi connectivity index (χ2n) is 5.56.